The van der Waals surface area contributed by atoms with Crippen molar-refractivity contribution < 1.29 is 22.0 Å². The first-order chi connectivity index (χ1) is 11.4. The molecule has 0 aliphatic carbocycles. The van der Waals surface area contributed by atoms with Crippen LogP contribution in [0.3, 0.4) is 0 Å². The third-order valence-electron chi connectivity index (χ3n) is 3.46. The van der Waals surface area contributed by atoms with Crippen molar-refractivity contribution >= 4 is 33.2 Å². The number of halogens is 1. The number of aromatic nitrogens is 2. The normalized spacial score (nSPS) is 19.3. The van der Waals surface area contributed by atoms with Gasteiger partial charge in [-0.15, -0.1) is 10.2 Å². The van der Waals surface area contributed by atoms with E-state index in [9.17, 15) is 17.6 Å². The van der Waals surface area contributed by atoms with Crippen LogP contribution >= 0.6 is 11.8 Å². The largest absolute Gasteiger partial charge is 0.416 e. The van der Waals surface area contributed by atoms with Crippen LogP contribution in [0.2, 0.25) is 0 Å². The van der Waals surface area contributed by atoms with Crippen LogP contribution < -0.4 is 5.32 Å². The predicted octanol–water partition coefficient (Wildman–Crippen LogP) is 1.84. The van der Waals surface area contributed by atoms with Gasteiger partial charge >= 0.3 is 0 Å². The maximum Gasteiger partial charge on any atom is 0.277 e. The van der Waals surface area contributed by atoms with Gasteiger partial charge in [0, 0.05) is 5.69 Å². The van der Waals surface area contributed by atoms with Crippen LogP contribution in [0.15, 0.2) is 33.9 Å². The van der Waals surface area contributed by atoms with Crippen molar-refractivity contribution in [2.75, 3.05) is 22.6 Å². The summed E-state index contributed by atoms with van der Waals surface area (Å²) in [6.45, 7) is 0. The quantitative estimate of drug-likeness (QED) is 0.800. The second kappa shape index (κ2) is 6.89. The van der Waals surface area contributed by atoms with E-state index in [0.29, 0.717) is 12.1 Å². The maximum atomic E-state index is 12.8. The smallest absolute Gasteiger partial charge is 0.277 e. The molecule has 0 radical (unpaired) electrons. The van der Waals surface area contributed by atoms with Gasteiger partial charge in [-0.2, -0.15) is 0 Å². The summed E-state index contributed by atoms with van der Waals surface area (Å²) in [7, 11) is -3.02. The molecule has 3 rings (SSSR count). The van der Waals surface area contributed by atoms with Gasteiger partial charge in [-0.05, 0) is 30.7 Å². The molecular weight excluding hydrogens is 357 g/mol. The molecule has 24 heavy (non-hydrogen) atoms. The number of nitrogens with one attached hydrogen (secondary N) is 1. The van der Waals surface area contributed by atoms with Crippen LogP contribution in [0.25, 0.3) is 0 Å². The van der Waals surface area contributed by atoms with Crippen LogP contribution in [0.1, 0.15) is 18.2 Å². The van der Waals surface area contributed by atoms with Gasteiger partial charge in [-0.25, -0.2) is 12.8 Å². The van der Waals surface area contributed by atoms with E-state index >= 15 is 0 Å². The molecule has 1 fully saturated rings. The van der Waals surface area contributed by atoms with Crippen molar-refractivity contribution in [3.05, 3.63) is 36.0 Å². The molecule has 1 N–H and O–H groups in total. The van der Waals surface area contributed by atoms with Gasteiger partial charge in [0.1, 0.15) is 5.82 Å². The summed E-state index contributed by atoms with van der Waals surface area (Å²) in [5, 5.41) is 10.5. The Morgan fingerprint density at radius 2 is 2.08 bits per heavy atom. The van der Waals surface area contributed by atoms with Crippen LogP contribution in [-0.2, 0) is 14.6 Å². The van der Waals surface area contributed by atoms with E-state index in [1.165, 1.54) is 24.3 Å². The van der Waals surface area contributed by atoms with Crippen molar-refractivity contribution in [1.82, 2.24) is 10.2 Å². The Kier molecular flexibility index (Phi) is 4.86. The van der Waals surface area contributed by atoms with E-state index in [4.69, 9.17) is 4.42 Å². The summed E-state index contributed by atoms with van der Waals surface area (Å²) < 4.78 is 41.1. The molecule has 1 atom stereocenters. The van der Waals surface area contributed by atoms with Gasteiger partial charge in [0.15, 0.2) is 9.84 Å². The average Bonchev–Trinajstić information content (AvgIpc) is 3.14. The number of amides is 1. The minimum atomic E-state index is -3.02. The lowest BCUT2D eigenvalue weighted by Gasteiger charge is -2.03. The molecule has 0 saturated carbocycles. The average molecular weight is 371 g/mol. The van der Waals surface area contributed by atoms with Crippen LogP contribution in [0.5, 0.6) is 0 Å². The Morgan fingerprint density at radius 3 is 2.75 bits per heavy atom. The zero-order chi connectivity index (χ0) is 17.2. The molecule has 7 nitrogen and oxygen atoms in total. The number of rotatable bonds is 5. The lowest BCUT2D eigenvalue weighted by molar-refractivity contribution is -0.113. The second-order valence-corrected chi connectivity index (χ2v) is 8.51. The number of nitrogens with zero attached hydrogens (tertiary/aromatic N) is 2. The lowest BCUT2D eigenvalue weighted by atomic mass is 10.1. The summed E-state index contributed by atoms with van der Waals surface area (Å²) in [6.07, 6.45) is 0.472. The maximum absolute atomic E-state index is 12.8. The highest BCUT2D eigenvalue weighted by Crippen LogP contribution is 2.29. The Morgan fingerprint density at radius 1 is 1.33 bits per heavy atom. The Hall–Kier alpha value is -1.94. The standard InChI is InChI=1S/C14H14FN3O4S2/c15-10-1-3-11(4-2-10)16-12(19)7-23-14-18-17-13(22-14)9-5-6-24(20,21)8-9/h1-4,9H,5-8H2,(H,16,19)/t9-/m0/s1. The highest BCUT2D eigenvalue weighted by molar-refractivity contribution is 7.99. The highest BCUT2D eigenvalue weighted by Gasteiger charge is 2.32. The SMILES string of the molecule is O=C(CSc1nnc([C@H]2CCS(=O)(=O)C2)o1)Nc1ccc(F)cc1. The zero-order valence-electron chi connectivity index (χ0n) is 12.4. The van der Waals surface area contributed by atoms with Crippen LogP contribution in [0, 0.1) is 5.82 Å². The number of carbonyl (C=O) groups excluding carboxylic acids is 1. The molecule has 10 heteroatoms. The first-order valence-corrected chi connectivity index (χ1v) is 9.94. The number of thioether (sulfide) groups is 1. The Bertz CT molecular complexity index is 836. The molecule has 0 bridgehead atoms. The number of hydrogen-bond donors (Lipinski definition) is 1. The minimum Gasteiger partial charge on any atom is -0.416 e. The summed E-state index contributed by atoms with van der Waals surface area (Å²) >= 11 is 1.05. The Balaban J connectivity index is 1.52. The number of sulfone groups is 1. The van der Waals surface area contributed by atoms with E-state index in [0.717, 1.165) is 11.8 Å². The molecule has 0 spiro atoms. The van der Waals surface area contributed by atoms with Crippen molar-refractivity contribution in [1.29, 1.82) is 0 Å². The van der Waals surface area contributed by atoms with E-state index in [1.807, 2.05) is 0 Å². The Labute approximate surface area is 141 Å². The van der Waals surface area contributed by atoms with E-state index in [-0.39, 0.29) is 46.0 Å². The molecule has 128 valence electrons. The fourth-order valence-corrected chi connectivity index (χ4v) is 4.59. The zero-order valence-corrected chi connectivity index (χ0v) is 14.1. The first-order valence-electron chi connectivity index (χ1n) is 7.13. The minimum absolute atomic E-state index is 0.0182. The predicted molar refractivity (Wildman–Crippen MR) is 86.1 cm³/mol. The van der Waals surface area contributed by atoms with Crippen molar-refractivity contribution in [2.24, 2.45) is 0 Å². The molecule has 1 aliphatic heterocycles. The molecule has 0 unspecified atom stereocenters. The van der Waals surface area contributed by atoms with Crippen molar-refractivity contribution in [3.8, 4) is 0 Å². The van der Waals surface area contributed by atoms with Gasteiger partial charge < -0.3 is 9.73 Å². The third-order valence-corrected chi connectivity index (χ3v) is 6.04. The molecule has 1 saturated heterocycles. The van der Waals surface area contributed by atoms with Gasteiger partial charge in [0.25, 0.3) is 5.22 Å². The molecule has 2 heterocycles. The fourth-order valence-electron chi connectivity index (χ4n) is 2.29. The second-order valence-electron chi connectivity index (χ2n) is 5.35. The van der Waals surface area contributed by atoms with Gasteiger partial charge in [0.05, 0.1) is 23.2 Å². The molecular formula is C14H14FN3O4S2. The molecule has 1 aromatic heterocycles. The van der Waals surface area contributed by atoms with Gasteiger partial charge in [-0.1, -0.05) is 11.8 Å². The summed E-state index contributed by atoms with van der Waals surface area (Å²) in [5.74, 6) is -0.471. The van der Waals surface area contributed by atoms with E-state index < -0.39 is 9.84 Å². The van der Waals surface area contributed by atoms with Gasteiger partial charge in [0.2, 0.25) is 11.8 Å². The fraction of sp³-hybridized carbons (Fsp3) is 0.357. The van der Waals surface area contributed by atoms with Crippen LogP contribution in [-0.4, -0.2) is 41.8 Å². The third kappa shape index (κ3) is 4.32. The summed E-state index contributed by atoms with van der Waals surface area (Å²) in [5.41, 5.74) is 0.490. The monoisotopic (exact) mass is 371 g/mol. The van der Waals surface area contributed by atoms with Crippen LogP contribution in [0.4, 0.5) is 10.1 Å². The van der Waals surface area contributed by atoms with E-state index in [1.54, 1.807) is 0 Å². The van der Waals surface area contributed by atoms with Crippen molar-refractivity contribution in [3.63, 3.8) is 0 Å². The van der Waals surface area contributed by atoms with E-state index in [2.05, 4.69) is 15.5 Å². The number of anilines is 1. The van der Waals surface area contributed by atoms with Gasteiger partial charge in [-0.3, -0.25) is 4.79 Å². The molecule has 1 aromatic carbocycles. The number of hydrogen-bond acceptors (Lipinski definition) is 7. The molecule has 1 amide bonds. The topological polar surface area (TPSA) is 102 Å². The number of benzene rings is 1. The summed E-state index contributed by atoms with van der Waals surface area (Å²) in [4.78, 5) is 11.8. The highest BCUT2D eigenvalue weighted by atomic mass is 32.2. The summed E-state index contributed by atoms with van der Waals surface area (Å²) in [6, 6.07) is 5.43. The van der Waals surface area contributed by atoms with Crippen molar-refractivity contribution in [2.45, 2.75) is 17.6 Å². The lowest BCUT2D eigenvalue weighted by Crippen LogP contribution is -2.13. The first kappa shape index (κ1) is 16.9. The number of carbonyl (C=O) groups is 1. The molecule has 2 aromatic rings. The molecule has 1 aliphatic rings.